The molecule has 0 saturated carbocycles. The van der Waals surface area contributed by atoms with Gasteiger partial charge in [-0.05, 0) is 97.0 Å². The number of rotatable bonds is 6. The summed E-state index contributed by atoms with van der Waals surface area (Å²) in [5.41, 5.74) is 11.0. The highest BCUT2D eigenvalue weighted by Crippen LogP contribution is 2.25. The summed E-state index contributed by atoms with van der Waals surface area (Å²) in [4.78, 5) is 0. The van der Waals surface area contributed by atoms with E-state index >= 15 is 0 Å². The summed E-state index contributed by atoms with van der Waals surface area (Å²) in [7, 11) is 0. The van der Waals surface area contributed by atoms with Crippen molar-refractivity contribution in [3.05, 3.63) is 228 Å². The Bertz CT molecular complexity index is 2370. The lowest BCUT2D eigenvalue weighted by atomic mass is 9.96. The molecule has 0 bridgehead atoms. The number of aryl methyl sites for hydroxylation is 1. The first kappa shape index (κ1) is 47.0. The Hall–Kier alpha value is -5.72. The van der Waals surface area contributed by atoms with Gasteiger partial charge in [0.1, 0.15) is 0 Å². The molecule has 0 nitrogen and oxygen atoms in total. The molecule has 0 amide bonds. The molecule has 0 saturated heterocycles. The predicted octanol–water partition coefficient (Wildman–Crippen LogP) is 18.3. The first-order chi connectivity index (χ1) is 28.8. The normalized spacial score (nSPS) is 10.7. The largest absolute Gasteiger partial charge is 0.0622 e. The van der Waals surface area contributed by atoms with Crippen LogP contribution in [0, 0.1) is 6.92 Å². The van der Waals surface area contributed by atoms with Crippen molar-refractivity contribution in [1.82, 2.24) is 0 Å². The van der Waals surface area contributed by atoms with Crippen LogP contribution in [0.15, 0.2) is 194 Å². The van der Waals surface area contributed by atoms with E-state index in [0.717, 1.165) is 0 Å². The van der Waals surface area contributed by atoms with Gasteiger partial charge in [0.05, 0.1) is 0 Å². The average molecular weight is 791 g/mol. The van der Waals surface area contributed by atoms with Crippen molar-refractivity contribution in [3.8, 4) is 11.1 Å². The highest BCUT2D eigenvalue weighted by Gasteiger charge is 2.04. The van der Waals surface area contributed by atoms with Crippen molar-refractivity contribution >= 4 is 21.5 Å². The van der Waals surface area contributed by atoms with Crippen LogP contribution in [-0.4, -0.2) is 0 Å². The molecular weight excluding hydrogens is 721 g/mol. The molecule has 0 aliphatic carbocycles. The Morgan fingerprint density at radius 2 is 0.667 bits per heavy atom. The van der Waals surface area contributed by atoms with E-state index < -0.39 is 0 Å². The Labute approximate surface area is 364 Å². The highest BCUT2D eigenvalue weighted by atomic mass is 14.1. The zero-order chi connectivity index (χ0) is 43.4. The van der Waals surface area contributed by atoms with E-state index in [1.165, 1.54) is 66.1 Å². The van der Waals surface area contributed by atoms with Gasteiger partial charge in [-0.15, -0.1) is 0 Å². The molecule has 8 aromatic rings. The lowest BCUT2D eigenvalue weighted by molar-refractivity contribution is 0.866. The molecule has 0 aromatic heterocycles. The Morgan fingerprint density at radius 1 is 0.267 bits per heavy atom. The molecule has 0 N–H and O–H groups in total. The summed E-state index contributed by atoms with van der Waals surface area (Å²) in [6.45, 7) is 24.3. The van der Waals surface area contributed by atoms with Gasteiger partial charge in [0, 0.05) is 0 Å². The van der Waals surface area contributed by atoms with E-state index in [-0.39, 0.29) is 0 Å². The second-order valence-corrected chi connectivity index (χ2v) is 17.3. The van der Waals surface area contributed by atoms with Crippen molar-refractivity contribution in [2.24, 2.45) is 0 Å². The number of hydrogen-bond acceptors (Lipinski definition) is 0. The van der Waals surface area contributed by atoms with Gasteiger partial charge in [0.15, 0.2) is 0 Å². The first-order valence-electron chi connectivity index (χ1n) is 22.1. The zero-order valence-corrected chi connectivity index (χ0v) is 38.4. The molecule has 0 heterocycles. The highest BCUT2D eigenvalue weighted by molar-refractivity contribution is 5.86. The van der Waals surface area contributed by atoms with Crippen LogP contribution in [0.3, 0.4) is 0 Å². The number of benzene rings is 8. The van der Waals surface area contributed by atoms with Crippen LogP contribution in [0.25, 0.3) is 32.7 Å². The summed E-state index contributed by atoms with van der Waals surface area (Å²) in [6, 6.07) is 68.8. The lowest BCUT2D eigenvalue weighted by Crippen LogP contribution is -1.88. The van der Waals surface area contributed by atoms with Crippen LogP contribution in [0.2, 0.25) is 0 Å². The van der Waals surface area contributed by atoms with E-state index in [0.29, 0.717) is 29.6 Å². The van der Waals surface area contributed by atoms with E-state index in [2.05, 4.69) is 258 Å². The first-order valence-corrected chi connectivity index (χ1v) is 22.1. The summed E-state index contributed by atoms with van der Waals surface area (Å²) in [5, 5.41) is 5.40. The van der Waals surface area contributed by atoms with Crippen molar-refractivity contribution < 1.29 is 0 Å². The maximum absolute atomic E-state index is 2.28. The Morgan fingerprint density at radius 3 is 1.18 bits per heavy atom. The standard InChI is InChI=1S/C15H16.2C13H14.C10H14.C9H12/c1-12(2)13-8-10-15(11-9-13)14-6-4-3-5-7-14;1-10(2)12-9-5-7-11-6-3-4-8-13(11)12;1-10(2)12-8-7-11-5-3-4-6-13(11)9-12;1-8(2)10-6-4-9(3)5-7-10;1-8(2)9-6-4-3-5-7-9/h3-12H,1-2H3;2*3-10H,1-2H3;4-8H,1-3H3;3-8H,1-2H3. The molecule has 0 heteroatoms. The Kier molecular flexibility index (Phi) is 19.1. The van der Waals surface area contributed by atoms with Crippen LogP contribution >= 0.6 is 0 Å². The molecule has 0 atom stereocenters. The van der Waals surface area contributed by atoms with Gasteiger partial charge < -0.3 is 0 Å². The van der Waals surface area contributed by atoms with Gasteiger partial charge in [-0.2, -0.15) is 0 Å². The van der Waals surface area contributed by atoms with E-state index in [1.807, 2.05) is 12.1 Å². The fraction of sp³-hybridized carbons (Fsp3) is 0.267. The topological polar surface area (TPSA) is 0 Å². The smallest absolute Gasteiger partial charge is 0.0149 e. The molecule has 8 aromatic carbocycles. The van der Waals surface area contributed by atoms with Crippen molar-refractivity contribution in [2.45, 2.75) is 106 Å². The second-order valence-electron chi connectivity index (χ2n) is 17.3. The van der Waals surface area contributed by atoms with Gasteiger partial charge >= 0.3 is 0 Å². The molecule has 310 valence electrons. The average Bonchev–Trinajstić information content (AvgIpc) is 3.27. The van der Waals surface area contributed by atoms with E-state index in [9.17, 15) is 0 Å². The third-order valence-electron chi connectivity index (χ3n) is 10.8. The van der Waals surface area contributed by atoms with Gasteiger partial charge in [-0.3, -0.25) is 0 Å². The van der Waals surface area contributed by atoms with Gasteiger partial charge in [-0.25, -0.2) is 0 Å². The molecule has 0 aliphatic rings. The van der Waals surface area contributed by atoms with E-state index in [1.54, 1.807) is 0 Å². The number of fused-ring (bicyclic) bond motifs is 2. The van der Waals surface area contributed by atoms with Crippen LogP contribution in [-0.2, 0) is 0 Å². The fourth-order valence-corrected chi connectivity index (χ4v) is 6.80. The van der Waals surface area contributed by atoms with Crippen molar-refractivity contribution in [3.63, 3.8) is 0 Å². The third-order valence-corrected chi connectivity index (χ3v) is 10.8. The maximum atomic E-state index is 2.28. The summed E-state index contributed by atoms with van der Waals surface area (Å²) in [6.07, 6.45) is 0. The van der Waals surface area contributed by atoms with Crippen LogP contribution in [0.5, 0.6) is 0 Å². The second kappa shape index (κ2) is 24.4. The van der Waals surface area contributed by atoms with Crippen LogP contribution < -0.4 is 0 Å². The number of hydrogen-bond donors (Lipinski definition) is 0. The quantitative estimate of drug-likeness (QED) is 0.157. The summed E-state index contributed by atoms with van der Waals surface area (Å²) >= 11 is 0. The summed E-state index contributed by atoms with van der Waals surface area (Å²) in [5.74, 6) is 3.14. The predicted molar refractivity (Wildman–Crippen MR) is 268 cm³/mol. The minimum atomic E-state index is 0.603. The maximum Gasteiger partial charge on any atom is -0.0149 e. The van der Waals surface area contributed by atoms with Crippen LogP contribution in [0.1, 0.15) is 132 Å². The molecular formula is C60H70. The minimum Gasteiger partial charge on any atom is -0.0622 e. The monoisotopic (exact) mass is 791 g/mol. The molecule has 0 aliphatic heterocycles. The molecule has 60 heavy (non-hydrogen) atoms. The van der Waals surface area contributed by atoms with Gasteiger partial charge in [-0.1, -0.05) is 269 Å². The molecule has 0 radical (unpaired) electrons. The molecule has 0 unspecified atom stereocenters. The zero-order valence-electron chi connectivity index (χ0n) is 38.4. The van der Waals surface area contributed by atoms with Crippen molar-refractivity contribution in [1.29, 1.82) is 0 Å². The minimum absolute atomic E-state index is 0.603. The summed E-state index contributed by atoms with van der Waals surface area (Å²) < 4.78 is 0. The molecule has 0 fully saturated rings. The van der Waals surface area contributed by atoms with Crippen LogP contribution in [0.4, 0.5) is 0 Å². The van der Waals surface area contributed by atoms with Gasteiger partial charge in [0.25, 0.3) is 0 Å². The molecule has 8 rings (SSSR count). The fourth-order valence-electron chi connectivity index (χ4n) is 6.80. The van der Waals surface area contributed by atoms with Gasteiger partial charge in [0.2, 0.25) is 0 Å². The van der Waals surface area contributed by atoms with Crippen molar-refractivity contribution in [2.75, 3.05) is 0 Å². The lowest BCUT2D eigenvalue weighted by Gasteiger charge is -2.08. The van der Waals surface area contributed by atoms with E-state index in [4.69, 9.17) is 0 Å². The molecule has 0 spiro atoms. The SMILES string of the molecule is CC(C)c1ccc(-c2ccccc2)cc1.CC(C)c1ccc2ccccc2c1.CC(C)c1cccc2ccccc12.CC(C)c1ccccc1.Cc1ccc(C(C)C)cc1. The third kappa shape index (κ3) is 15.1. The Balaban J connectivity index is 0.000000167.